The first kappa shape index (κ1) is 27.2. The fraction of sp³-hybridized carbons (Fsp3) is 0.407. The maximum Gasteiger partial charge on any atom is 0.255 e. The van der Waals surface area contributed by atoms with Gasteiger partial charge in [0.25, 0.3) is 5.91 Å². The number of likely N-dealkylation sites (N-methyl/N-ethyl adjacent to an activating group) is 1. The average Bonchev–Trinajstić information content (AvgIpc) is 2.80. The lowest BCUT2D eigenvalue weighted by Crippen LogP contribution is -2.65. The Morgan fingerprint density at radius 2 is 1.84 bits per heavy atom. The van der Waals surface area contributed by atoms with Crippen LogP contribution < -0.4 is 11.1 Å². The molecule has 1 aromatic rings. The summed E-state index contributed by atoms with van der Waals surface area (Å²) in [5.41, 5.74) is 2.76. The lowest BCUT2D eigenvalue weighted by molar-refractivity contribution is -0.153. The van der Waals surface area contributed by atoms with Crippen molar-refractivity contribution in [1.29, 1.82) is 0 Å². The van der Waals surface area contributed by atoms with E-state index < -0.39 is 58.0 Å². The topological polar surface area (TPSA) is 190 Å². The molecule has 202 valence electrons. The van der Waals surface area contributed by atoms with Crippen molar-refractivity contribution in [2.24, 2.45) is 17.6 Å². The highest BCUT2D eigenvalue weighted by Gasteiger charge is 2.64. The summed E-state index contributed by atoms with van der Waals surface area (Å²) in [5, 5.41) is 47.3. The molecule has 0 bridgehead atoms. The van der Waals surface area contributed by atoms with Crippen LogP contribution in [0.1, 0.15) is 34.8 Å². The van der Waals surface area contributed by atoms with Crippen LogP contribution in [-0.2, 0) is 20.8 Å². The molecule has 1 amide bonds. The monoisotopic (exact) mass is 525 g/mol. The van der Waals surface area contributed by atoms with E-state index in [1.165, 1.54) is 31.1 Å². The van der Waals surface area contributed by atoms with E-state index in [0.29, 0.717) is 12.1 Å². The third kappa shape index (κ3) is 3.94. The van der Waals surface area contributed by atoms with Crippen LogP contribution in [0, 0.1) is 11.8 Å². The van der Waals surface area contributed by atoms with Crippen LogP contribution in [0.4, 0.5) is 0 Å². The molecule has 3 aliphatic rings. The first-order valence-electron chi connectivity index (χ1n) is 12.1. The summed E-state index contributed by atoms with van der Waals surface area (Å²) in [4.78, 5) is 53.5. The van der Waals surface area contributed by atoms with E-state index in [0.717, 1.165) is 5.57 Å². The standard InChI is InChI=1S/C27H31N3O8/c1-11(2)9-29-10-17(32)13-5-6-16(31)19-14(13)7-12-8-15-21(30(3)4)23(34)20(26(28)37)25(36)27(15,38)24(35)18(12)22(19)33/h5-6,12,15,21,29,31,33,36,38H,1,7-10H2,2-4H3,(H2,28,37)/t12-,15-,21-,27-/m0/s1. The number of phenols is 1. The number of carbonyl (C=O) groups is 4. The number of nitrogens with zero attached hydrogens (tertiary/aromatic N) is 1. The number of aliphatic hydroxyl groups excluding tert-OH is 2. The Bertz CT molecular complexity index is 1360. The first-order valence-corrected chi connectivity index (χ1v) is 12.1. The SMILES string of the molecule is C=C(C)CNCC(=O)c1ccc(O)c2c1C[C@H]1C[C@H]3[C@H](N(C)C)C(=O)C(C(N)=O)=C(O)[C@@]3(O)C(=O)C1=C2O. The smallest absolute Gasteiger partial charge is 0.255 e. The number of ketones is 3. The summed E-state index contributed by atoms with van der Waals surface area (Å²) in [6, 6.07) is 1.50. The molecule has 7 N–H and O–H groups in total. The number of primary amides is 1. The van der Waals surface area contributed by atoms with E-state index in [9.17, 15) is 39.6 Å². The van der Waals surface area contributed by atoms with Crippen molar-refractivity contribution in [3.05, 3.63) is 57.9 Å². The minimum Gasteiger partial charge on any atom is -0.508 e. The largest absolute Gasteiger partial charge is 0.508 e. The Morgan fingerprint density at radius 1 is 1.18 bits per heavy atom. The Hall–Kier alpha value is -3.80. The number of fused-ring (bicyclic) bond motifs is 3. The Kier molecular flexibility index (Phi) is 6.81. The van der Waals surface area contributed by atoms with E-state index in [4.69, 9.17) is 5.73 Å². The van der Waals surface area contributed by atoms with Gasteiger partial charge in [-0.15, -0.1) is 0 Å². The zero-order chi connectivity index (χ0) is 28.3. The Morgan fingerprint density at radius 3 is 2.42 bits per heavy atom. The molecule has 0 unspecified atom stereocenters. The van der Waals surface area contributed by atoms with E-state index in [2.05, 4.69) is 11.9 Å². The quantitative estimate of drug-likeness (QED) is 0.164. The molecule has 0 aromatic heterocycles. The summed E-state index contributed by atoms with van der Waals surface area (Å²) < 4.78 is 0. The number of aromatic hydroxyl groups is 1. The van der Waals surface area contributed by atoms with Gasteiger partial charge in [-0.25, -0.2) is 0 Å². The minimum absolute atomic E-state index is 0.0286. The molecule has 3 aliphatic carbocycles. The second kappa shape index (κ2) is 9.50. The molecule has 1 aromatic carbocycles. The lowest BCUT2D eigenvalue weighted by Gasteiger charge is -2.50. The molecule has 38 heavy (non-hydrogen) atoms. The highest BCUT2D eigenvalue weighted by molar-refractivity contribution is 6.24. The zero-order valence-corrected chi connectivity index (χ0v) is 21.4. The number of aliphatic hydroxyl groups is 3. The molecule has 0 radical (unpaired) electrons. The van der Waals surface area contributed by atoms with Crippen molar-refractivity contribution >= 4 is 29.0 Å². The van der Waals surface area contributed by atoms with Gasteiger partial charge in [0.1, 0.15) is 22.8 Å². The molecule has 11 heteroatoms. The van der Waals surface area contributed by atoms with Crippen molar-refractivity contribution in [3.63, 3.8) is 0 Å². The average molecular weight is 526 g/mol. The maximum atomic E-state index is 13.8. The van der Waals surface area contributed by atoms with E-state index >= 15 is 0 Å². The van der Waals surface area contributed by atoms with Gasteiger partial charge < -0.3 is 31.5 Å². The van der Waals surface area contributed by atoms with Gasteiger partial charge in [0, 0.05) is 23.6 Å². The maximum absolute atomic E-state index is 13.8. The van der Waals surface area contributed by atoms with Gasteiger partial charge in [0.15, 0.2) is 17.2 Å². The number of hydrogen-bond donors (Lipinski definition) is 6. The van der Waals surface area contributed by atoms with Crippen molar-refractivity contribution in [1.82, 2.24) is 10.2 Å². The number of carbonyl (C=O) groups excluding carboxylic acids is 4. The molecule has 4 atom stereocenters. The summed E-state index contributed by atoms with van der Waals surface area (Å²) in [6.45, 7) is 5.98. The van der Waals surface area contributed by atoms with Crippen molar-refractivity contribution in [2.45, 2.75) is 31.4 Å². The number of Topliss-reactive ketones (excluding diaryl/α,β-unsaturated/α-hetero) is 3. The van der Waals surface area contributed by atoms with Crippen LogP contribution in [0.15, 0.2) is 41.2 Å². The number of rotatable bonds is 7. The van der Waals surface area contributed by atoms with Crippen molar-refractivity contribution in [3.8, 4) is 5.75 Å². The number of amides is 1. The van der Waals surface area contributed by atoms with E-state index in [1.54, 1.807) is 0 Å². The fourth-order valence-electron chi connectivity index (χ4n) is 5.99. The number of nitrogens with one attached hydrogen (secondary N) is 1. The zero-order valence-electron chi connectivity index (χ0n) is 21.4. The molecule has 0 spiro atoms. The summed E-state index contributed by atoms with van der Waals surface area (Å²) in [5.74, 6) is -7.63. The minimum atomic E-state index is -2.71. The number of hydrogen-bond acceptors (Lipinski definition) is 10. The van der Waals surface area contributed by atoms with Gasteiger partial charge in [-0.2, -0.15) is 0 Å². The van der Waals surface area contributed by atoms with Crippen molar-refractivity contribution in [2.75, 3.05) is 27.2 Å². The number of phenolic OH excluding ortho intramolecular Hbond substituents is 1. The van der Waals surface area contributed by atoms with Gasteiger partial charge in [0.2, 0.25) is 5.78 Å². The summed E-state index contributed by atoms with van der Waals surface area (Å²) in [7, 11) is 3.06. The molecular formula is C27H31N3O8. The molecule has 1 saturated carbocycles. The van der Waals surface area contributed by atoms with E-state index in [-0.39, 0.29) is 47.6 Å². The third-order valence-electron chi connectivity index (χ3n) is 7.62. The molecule has 0 saturated heterocycles. The summed E-state index contributed by atoms with van der Waals surface area (Å²) in [6.07, 6.45) is -0.00649. The highest BCUT2D eigenvalue weighted by atomic mass is 16.3. The van der Waals surface area contributed by atoms with Crippen molar-refractivity contribution < 1.29 is 39.6 Å². The molecule has 1 fully saturated rings. The molecule has 4 rings (SSSR count). The Balaban J connectivity index is 1.87. The second-order valence-corrected chi connectivity index (χ2v) is 10.4. The van der Waals surface area contributed by atoms with Crippen LogP contribution in [0.25, 0.3) is 5.76 Å². The second-order valence-electron chi connectivity index (χ2n) is 10.4. The molecule has 0 heterocycles. The number of benzene rings is 1. The van der Waals surface area contributed by atoms with Gasteiger partial charge in [-0.1, -0.05) is 12.2 Å². The van der Waals surface area contributed by atoms with Crippen LogP contribution >= 0.6 is 0 Å². The van der Waals surface area contributed by atoms with Crippen LogP contribution in [0.2, 0.25) is 0 Å². The van der Waals surface area contributed by atoms with Gasteiger partial charge in [-0.05, 0) is 57.5 Å². The fourth-order valence-corrected chi connectivity index (χ4v) is 5.99. The Labute approximate surface area is 218 Å². The molecule has 0 aliphatic heterocycles. The molecule has 11 nitrogen and oxygen atoms in total. The van der Waals surface area contributed by atoms with E-state index in [1.807, 2.05) is 6.92 Å². The van der Waals surface area contributed by atoms with Crippen LogP contribution in [0.5, 0.6) is 5.75 Å². The van der Waals surface area contributed by atoms with Gasteiger partial charge in [0.05, 0.1) is 18.2 Å². The van der Waals surface area contributed by atoms with Crippen LogP contribution in [0.3, 0.4) is 0 Å². The van der Waals surface area contributed by atoms with Gasteiger partial charge >= 0.3 is 0 Å². The normalized spacial score (nSPS) is 26.7. The third-order valence-corrected chi connectivity index (χ3v) is 7.62. The van der Waals surface area contributed by atoms with Crippen LogP contribution in [-0.4, -0.2) is 87.4 Å². The highest BCUT2D eigenvalue weighted by Crippen LogP contribution is 2.52. The van der Waals surface area contributed by atoms with Gasteiger partial charge in [-0.3, -0.25) is 24.1 Å². The lowest BCUT2D eigenvalue weighted by atomic mass is 9.57. The molecular weight excluding hydrogens is 494 g/mol. The predicted molar refractivity (Wildman–Crippen MR) is 136 cm³/mol. The predicted octanol–water partition coefficient (Wildman–Crippen LogP) is 0.312. The first-order chi connectivity index (χ1) is 17.7. The number of nitrogens with two attached hydrogens (primary N) is 1. The summed E-state index contributed by atoms with van der Waals surface area (Å²) >= 11 is 0.